The first-order chi connectivity index (χ1) is 7.72. The second-order valence-electron chi connectivity index (χ2n) is 3.72. The Kier molecular flexibility index (Phi) is 5.29. The molecule has 0 aliphatic rings. The summed E-state index contributed by atoms with van der Waals surface area (Å²) in [6.45, 7) is 1.54. The van der Waals surface area contributed by atoms with Crippen LogP contribution >= 0.6 is 0 Å². The monoisotopic (exact) mass is 219 g/mol. The van der Waals surface area contributed by atoms with E-state index >= 15 is 0 Å². The molecule has 0 radical (unpaired) electrons. The number of aldehydes is 1. The van der Waals surface area contributed by atoms with Gasteiger partial charge in [0.2, 0.25) is 0 Å². The molecule has 0 bridgehead atoms. The summed E-state index contributed by atoms with van der Waals surface area (Å²) in [6.07, 6.45) is 3.99. The minimum absolute atomic E-state index is 0.661. The number of allylic oxidation sites excluding steroid dienone is 1. The lowest BCUT2D eigenvalue weighted by Crippen LogP contribution is -2.19. The predicted molar refractivity (Wildman–Crippen MR) is 65.6 cm³/mol. The van der Waals surface area contributed by atoms with E-state index in [-0.39, 0.29) is 0 Å². The maximum absolute atomic E-state index is 10.2. The first-order valence-corrected chi connectivity index (χ1v) is 5.22. The van der Waals surface area contributed by atoms with Gasteiger partial charge in [-0.25, -0.2) is 0 Å². The molecule has 3 nitrogen and oxygen atoms in total. The normalized spacial score (nSPS) is 10.9. The molecule has 0 aliphatic carbocycles. The van der Waals surface area contributed by atoms with Gasteiger partial charge in [-0.1, -0.05) is 18.2 Å². The van der Waals surface area contributed by atoms with Crippen molar-refractivity contribution in [1.29, 1.82) is 0 Å². The summed E-state index contributed by atoms with van der Waals surface area (Å²) in [5.74, 6) is 0.829. The first kappa shape index (κ1) is 12.5. The van der Waals surface area contributed by atoms with E-state index in [1.807, 2.05) is 38.4 Å². The molecule has 0 aliphatic heterocycles. The number of hydrogen-bond acceptors (Lipinski definition) is 3. The van der Waals surface area contributed by atoms with E-state index in [1.165, 1.54) is 6.08 Å². The molecule has 1 rings (SSSR count). The van der Waals surface area contributed by atoms with Crippen LogP contribution in [0.2, 0.25) is 0 Å². The van der Waals surface area contributed by atoms with E-state index in [2.05, 4.69) is 4.90 Å². The Morgan fingerprint density at radius 2 is 2.19 bits per heavy atom. The Morgan fingerprint density at radius 1 is 1.38 bits per heavy atom. The number of nitrogens with zero attached hydrogens (tertiary/aromatic N) is 1. The summed E-state index contributed by atoms with van der Waals surface area (Å²) in [6, 6.07) is 7.66. The maximum Gasteiger partial charge on any atom is 0.142 e. The van der Waals surface area contributed by atoms with Crippen LogP contribution in [0.4, 0.5) is 0 Å². The highest BCUT2D eigenvalue weighted by atomic mass is 16.5. The molecule has 1 aromatic rings. The zero-order chi connectivity index (χ0) is 11.8. The molecule has 0 fully saturated rings. The van der Waals surface area contributed by atoms with Crippen LogP contribution in [0, 0.1) is 0 Å². The first-order valence-electron chi connectivity index (χ1n) is 5.22. The molecule has 0 spiro atoms. The molecule has 0 aromatic heterocycles. The molecule has 86 valence electrons. The number of hydrogen-bond donors (Lipinski definition) is 0. The van der Waals surface area contributed by atoms with Gasteiger partial charge in [-0.15, -0.1) is 0 Å². The van der Waals surface area contributed by atoms with Crippen molar-refractivity contribution in [1.82, 2.24) is 4.90 Å². The van der Waals surface area contributed by atoms with Crippen molar-refractivity contribution < 1.29 is 9.53 Å². The summed E-state index contributed by atoms with van der Waals surface area (Å²) < 4.78 is 5.57. The Labute approximate surface area is 96.3 Å². The molecule has 0 unspecified atom stereocenters. The second-order valence-corrected chi connectivity index (χ2v) is 3.72. The van der Waals surface area contributed by atoms with Crippen LogP contribution in [-0.2, 0) is 4.79 Å². The van der Waals surface area contributed by atoms with Crippen molar-refractivity contribution in [3.8, 4) is 5.75 Å². The predicted octanol–water partition coefficient (Wildman–Crippen LogP) is 1.84. The molecular formula is C13H17NO2. The quantitative estimate of drug-likeness (QED) is 0.540. The summed E-state index contributed by atoms with van der Waals surface area (Å²) in [5, 5.41) is 0. The van der Waals surface area contributed by atoms with Crippen molar-refractivity contribution in [3.63, 3.8) is 0 Å². The molecule has 0 amide bonds. The molecule has 0 saturated carbocycles. The van der Waals surface area contributed by atoms with Crippen molar-refractivity contribution in [2.75, 3.05) is 27.2 Å². The van der Waals surface area contributed by atoms with Crippen LogP contribution in [0.3, 0.4) is 0 Å². The SMILES string of the molecule is CN(C)CCOc1cccc(C=CC=O)c1. The van der Waals surface area contributed by atoms with Gasteiger partial charge >= 0.3 is 0 Å². The van der Waals surface area contributed by atoms with E-state index in [4.69, 9.17) is 4.74 Å². The summed E-state index contributed by atoms with van der Waals surface area (Å²) in [5.41, 5.74) is 0.967. The van der Waals surface area contributed by atoms with Gasteiger partial charge in [-0.05, 0) is 37.9 Å². The highest BCUT2D eigenvalue weighted by Crippen LogP contribution is 2.14. The minimum Gasteiger partial charge on any atom is -0.492 e. The third-order valence-corrected chi connectivity index (χ3v) is 2.03. The standard InChI is InChI=1S/C13H17NO2/c1-14(2)8-10-16-13-7-3-5-12(11-13)6-4-9-15/h3-7,9,11H,8,10H2,1-2H3. The Bertz CT molecular complexity index is 359. The van der Waals surface area contributed by atoms with Gasteiger partial charge in [0.25, 0.3) is 0 Å². The van der Waals surface area contributed by atoms with E-state index < -0.39 is 0 Å². The molecule has 0 heterocycles. The fourth-order valence-electron chi connectivity index (χ4n) is 1.20. The van der Waals surface area contributed by atoms with Crippen LogP contribution in [0.15, 0.2) is 30.3 Å². The summed E-state index contributed by atoms with van der Waals surface area (Å²) >= 11 is 0. The fraction of sp³-hybridized carbons (Fsp3) is 0.308. The van der Waals surface area contributed by atoms with Gasteiger partial charge in [0.1, 0.15) is 18.6 Å². The number of likely N-dealkylation sites (N-methyl/N-ethyl adjacent to an activating group) is 1. The van der Waals surface area contributed by atoms with Crippen molar-refractivity contribution >= 4 is 12.4 Å². The molecular weight excluding hydrogens is 202 g/mol. The minimum atomic E-state index is 0.661. The Morgan fingerprint density at radius 3 is 2.88 bits per heavy atom. The number of benzene rings is 1. The maximum atomic E-state index is 10.2. The lowest BCUT2D eigenvalue weighted by atomic mass is 10.2. The van der Waals surface area contributed by atoms with Gasteiger partial charge in [0.15, 0.2) is 0 Å². The highest BCUT2D eigenvalue weighted by Gasteiger charge is 1.95. The number of carbonyl (C=O) groups is 1. The third kappa shape index (κ3) is 4.75. The number of ether oxygens (including phenoxy) is 1. The lowest BCUT2D eigenvalue weighted by Gasteiger charge is -2.11. The smallest absolute Gasteiger partial charge is 0.142 e. The average molecular weight is 219 g/mol. The number of rotatable bonds is 6. The zero-order valence-corrected chi connectivity index (χ0v) is 9.72. The summed E-state index contributed by atoms with van der Waals surface area (Å²) in [4.78, 5) is 12.3. The molecule has 1 aromatic carbocycles. The van der Waals surface area contributed by atoms with Gasteiger partial charge in [-0.3, -0.25) is 4.79 Å². The lowest BCUT2D eigenvalue weighted by molar-refractivity contribution is -0.104. The van der Waals surface area contributed by atoms with Gasteiger partial charge < -0.3 is 9.64 Å². The molecule has 0 saturated heterocycles. The van der Waals surface area contributed by atoms with Gasteiger partial charge in [0, 0.05) is 6.54 Å². The average Bonchev–Trinajstić information content (AvgIpc) is 2.26. The van der Waals surface area contributed by atoms with Crippen molar-refractivity contribution in [2.24, 2.45) is 0 Å². The Balaban J connectivity index is 2.53. The van der Waals surface area contributed by atoms with Gasteiger partial charge in [0.05, 0.1) is 0 Å². The number of carbonyl (C=O) groups excluding carboxylic acids is 1. The third-order valence-electron chi connectivity index (χ3n) is 2.03. The van der Waals surface area contributed by atoms with Crippen molar-refractivity contribution in [3.05, 3.63) is 35.9 Å². The van der Waals surface area contributed by atoms with Crippen LogP contribution in [0.5, 0.6) is 5.75 Å². The highest BCUT2D eigenvalue weighted by molar-refractivity contribution is 5.74. The van der Waals surface area contributed by atoms with Crippen LogP contribution in [0.1, 0.15) is 5.56 Å². The van der Waals surface area contributed by atoms with E-state index in [0.717, 1.165) is 24.1 Å². The molecule has 0 N–H and O–H groups in total. The van der Waals surface area contributed by atoms with Crippen LogP contribution in [-0.4, -0.2) is 38.4 Å². The van der Waals surface area contributed by atoms with Crippen LogP contribution < -0.4 is 4.74 Å². The largest absolute Gasteiger partial charge is 0.492 e. The van der Waals surface area contributed by atoms with E-state index in [1.54, 1.807) is 6.08 Å². The summed E-state index contributed by atoms with van der Waals surface area (Å²) in [7, 11) is 4.01. The van der Waals surface area contributed by atoms with Crippen molar-refractivity contribution in [2.45, 2.75) is 0 Å². The topological polar surface area (TPSA) is 29.5 Å². The Hall–Kier alpha value is -1.61. The molecule has 16 heavy (non-hydrogen) atoms. The van der Waals surface area contributed by atoms with Crippen LogP contribution in [0.25, 0.3) is 6.08 Å². The van der Waals surface area contributed by atoms with E-state index in [0.29, 0.717) is 6.61 Å². The molecule has 0 atom stereocenters. The fourth-order valence-corrected chi connectivity index (χ4v) is 1.20. The second kappa shape index (κ2) is 6.80. The van der Waals surface area contributed by atoms with E-state index in [9.17, 15) is 4.79 Å². The van der Waals surface area contributed by atoms with Gasteiger partial charge in [-0.2, -0.15) is 0 Å². The zero-order valence-electron chi connectivity index (χ0n) is 9.72. The molecule has 3 heteroatoms.